The summed E-state index contributed by atoms with van der Waals surface area (Å²) in [5.74, 6) is -0.505. The van der Waals surface area contributed by atoms with Crippen LogP contribution in [0.3, 0.4) is 0 Å². The Hall–Kier alpha value is -1.84. The first-order valence-electron chi connectivity index (χ1n) is 4.00. The normalized spacial score (nSPS) is 9.29. The van der Waals surface area contributed by atoms with Crippen molar-refractivity contribution in [1.29, 1.82) is 0 Å². The fourth-order valence-electron chi connectivity index (χ4n) is 0.823. The molecule has 1 rings (SSSR count). The van der Waals surface area contributed by atoms with Crippen molar-refractivity contribution in [2.45, 2.75) is 6.92 Å². The zero-order valence-corrected chi connectivity index (χ0v) is 7.94. The van der Waals surface area contributed by atoms with Crippen LogP contribution in [0.2, 0.25) is 0 Å². The number of carbonyl (C=O) groups is 2. The Kier molecular flexibility index (Phi) is 3.23. The van der Waals surface area contributed by atoms with Crippen LogP contribution in [0, 0.1) is 0 Å². The van der Waals surface area contributed by atoms with Crippen LogP contribution >= 0.6 is 0 Å². The summed E-state index contributed by atoms with van der Waals surface area (Å²) >= 11 is 0. The molecule has 0 saturated heterocycles. The van der Waals surface area contributed by atoms with E-state index < -0.39 is 11.8 Å². The van der Waals surface area contributed by atoms with Gasteiger partial charge in [0.1, 0.15) is 11.5 Å². The van der Waals surface area contributed by atoms with E-state index in [2.05, 4.69) is 0 Å². The average molecular weight is 194 g/mol. The summed E-state index contributed by atoms with van der Waals surface area (Å²) in [4.78, 5) is 21.4. The van der Waals surface area contributed by atoms with Crippen LogP contribution in [0.5, 0.6) is 11.5 Å². The lowest BCUT2D eigenvalue weighted by atomic mass is 10.3. The summed E-state index contributed by atoms with van der Waals surface area (Å²) in [5, 5.41) is 0. The van der Waals surface area contributed by atoms with Crippen molar-refractivity contribution in [2.24, 2.45) is 0 Å². The summed E-state index contributed by atoms with van der Waals surface area (Å²) in [6.07, 6.45) is 0. The van der Waals surface area contributed by atoms with Gasteiger partial charge in [-0.2, -0.15) is 0 Å². The summed E-state index contributed by atoms with van der Waals surface area (Å²) in [6.45, 7) is 1.16. The zero-order valence-electron chi connectivity index (χ0n) is 7.94. The summed E-state index contributed by atoms with van der Waals surface area (Å²) < 4.78 is 9.65. The van der Waals surface area contributed by atoms with Crippen LogP contribution < -0.4 is 9.47 Å². The predicted octanol–water partition coefficient (Wildman–Crippen LogP) is 1.19. The molecule has 0 saturated carbocycles. The van der Waals surface area contributed by atoms with Gasteiger partial charge in [-0.3, -0.25) is 4.79 Å². The van der Waals surface area contributed by atoms with Crippen LogP contribution in [-0.2, 0) is 9.59 Å². The average Bonchev–Trinajstić information content (AvgIpc) is 2.19. The van der Waals surface area contributed by atoms with Crippen LogP contribution in [0.25, 0.3) is 0 Å². The van der Waals surface area contributed by atoms with Gasteiger partial charge in [-0.05, 0) is 24.3 Å². The maximum atomic E-state index is 10.9. The highest BCUT2D eigenvalue weighted by Gasteiger charge is 2.09. The molecule has 0 aliphatic heterocycles. The van der Waals surface area contributed by atoms with E-state index in [-0.39, 0.29) is 0 Å². The number of ketones is 1. The number of hydrogen-bond acceptors (Lipinski definition) is 4. The minimum absolute atomic E-state index is 0.325. The minimum Gasteiger partial charge on any atom is -0.497 e. The Morgan fingerprint density at radius 3 is 2.00 bits per heavy atom. The first-order valence-corrected chi connectivity index (χ1v) is 4.00. The Labute approximate surface area is 81.4 Å². The lowest BCUT2D eigenvalue weighted by Gasteiger charge is -2.02. The van der Waals surface area contributed by atoms with Gasteiger partial charge in [0.2, 0.25) is 5.78 Å². The van der Waals surface area contributed by atoms with Gasteiger partial charge in [-0.25, -0.2) is 4.79 Å². The Balaban J connectivity index is 2.69. The molecule has 0 atom stereocenters. The number of esters is 1. The number of methoxy groups -OCH3 is 1. The molecule has 0 unspecified atom stereocenters. The second kappa shape index (κ2) is 4.41. The molecule has 0 aliphatic carbocycles. The molecular formula is C10H10O4. The molecule has 74 valence electrons. The van der Waals surface area contributed by atoms with Crippen LogP contribution in [0.1, 0.15) is 6.92 Å². The van der Waals surface area contributed by atoms with E-state index in [1.54, 1.807) is 24.3 Å². The molecule has 0 fully saturated rings. The predicted molar refractivity (Wildman–Crippen MR) is 49.3 cm³/mol. The molecule has 4 heteroatoms. The maximum Gasteiger partial charge on any atom is 0.379 e. The molecule has 0 aliphatic rings. The largest absolute Gasteiger partial charge is 0.497 e. The van der Waals surface area contributed by atoms with Crippen molar-refractivity contribution >= 4 is 11.8 Å². The number of hydrogen-bond donors (Lipinski definition) is 0. The van der Waals surface area contributed by atoms with Gasteiger partial charge in [0.05, 0.1) is 7.11 Å². The first-order chi connectivity index (χ1) is 6.63. The van der Waals surface area contributed by atoms with Crippen LogP contribution in [0.4, 0.5) is 0 Å². The topological polar surface area (TPSA) is 52.6 Å². The number of ether oxygens (including phenoxy) is 2. The summed E-state index contributed by atoms with van der Waals surface area (Å²) in [6, 6.07) is 6.39. The number of rotatable bonds is 3. The molecular weight excluding hydrogens is 184 g/mol. The molecule has 14 heavy (non-hydrogen) atoms. The van der Waals surface area contributed by atoms with E-state index in [4.69, 9.17) is 9.47 Å². The van der Waals surface area contributed by atoms with Crippen molar-refractivity contribution in [3.8, 4) is 11.5 Å². The van der Waals surface area contributed by atoms with Gasteiger partial charge < -0.3 is 9.47 Å². The highest BCUT2D eigenvalue weighted by molar-refractivity contribution is 6.33. The molecule has 4 nitrogen and oxygen atoms in total. The molecule has 0 N–H and O–H groups in total. The maximum absolute atomic E-state index is 10.9. The molecule has 0 aromatic heterocycles. The molecule has 0 spiro atoms. The van der Waals surface area contributed by atoms with Crippen molar-refractivity contribution in [3.63, 3.8) is 0 Å². The first kappa shape index (κ1) is 10.2. The van der Waals surface area contributed by atoms with E-state index in [1.807, 2.05) is 0 Å². The zero-order chi connectivity index (χ0) is 10.6. The molecule has 0 amide bonds. The van der Waals surface area contributed by atoms with Crippen molar-refractivity contribution in [2.75, 3.05) is 7.11 Å². The van der Waals surface area contributed by atoms with Gasteiger partial charge in [-0.1, -0.05) is 0 Å². The third-order valence-corrected chi connectivity index (χ3v) is 1.56. The Morgan fingerprint density at radius 1 is 1.07 bits per heavy atom. The van der Waals surface area contributed by atoms with E-state index in [0.717, 1.165) is 6.92 Å². The van der Waals surface area contributed by atoms with Gasteiger partial charge in [0.25, 0.3) is 0 Å². The lowest BCUT2D eigenvalue weighted by Crippen LogP contribution is -2.16. The molecule has 0 heterocycles. The van der Waals surface area contributed by atoms with E-state index in [9.17, 15) is 9.59 Å². The highest BCUT2D eigenvalue weighted by Crippen LogP contribution is 2.16. The fraction of sp³-hybridized carbons (Fsp3) is 0.200. The summed E-state index contributed by atoms with van der Waals surface area (Å²) in [7, 11) is 1.54. The van der Waals surface area contributed by atoms with E-state index >= 15 is 0 Å². The highest BCUT2D eigenvalue weighted by atomic mass is 16.5. The Bertz CT molecular complexity index is 340. The minimum atomic E-state index is -0.866. The van der Waals surface area contributed by atoms with Crippen LogP contribution in [-0.4, -0.2) is 18.9 Å². The number of benzene rings is 1. The SMILES string of the molecule is COc1ccc(OC(=O)C(C)=O)cc1. The van der Waals surface area contributed by atoms with Crippen LogP contribution in [0.15, 0.2) is 24.3 Å². The fourth-order valence-corrected chi connectivity index (χ4v) is 0.823. The van der Waals surface area contributed by atoms with Crippen molar-refractivity contribution in [1.82, 2.24) is 0 Å². The lowest BCUT2D eigenvalue weighted by molar-refractivity contribution is -0.146. The summed E-state index contributed by atoms with van der Waals surface area (Å²) in [5.41, 5.74) is 0. The van der Waals surface area contributed by atoms with Gasteiger partial charge >= 0.3 is 5.97 Å². The third-order valence-electron chi connectivity index (χ3n) is 1.56. The van der Waals surface area contributed by atoms with Gasteiger partial charge in [0.15, 0.2) is 0 Å². The van der Waals surface area contributed by atoms with Crippen molar-refractivity contribution in [3.05, 3.63) is 24.3 Å². The second-order valence-corrected chi connectivity index (χ2v) is 2.62. The van der Waals surface area contributed by atoms with Gasteiger partial charge in [-0.15, -0.1) is 0 Å². The smallest absolute Gasteiger partial charge is 0.379 e. The quantitative estimate of drug-likeness (QED) is 0.412. The van der Waals surface area contributed by atoms with E-state index in [0.29, 0.717) is 11.5 Å². The molecule has 1 aromatic carbocycles. The molecule has 1 aromatic rings. The third kappa shape index (κ3) is 2.58. The number of carbonyl (C=O) groups excluding carboxylic acids is 2. The molecule has 0 bridgehead atoms. The number of Topliss-reactive ketones (excluding diaryl/α,β-unsaturated/α-hetero) is 1. The monoisotopic (exact) mass is 194 g/mol. The van der Waals surface area contributed by atoms with Crippen molar-refractivity contribution < 1.29 is 19.1 Å². The molecule has 0 radical (unpaired) electrons. The van der Waals surface area contributed by atoms with Gasteiger partial charge in [0, 0.05) is 6.92 Å². The second-order valence-electron chi connectivity index (χ2n) is 2.62. The Morgan fingerprint density at radius 2 is 1.57 bits per heavy atom. The van der Waals surface area contributed by atoms with E-state index in [1.165, 1.54) is 7.11 Å². The standard InChI is InChI=1S/C10H10O4/c1-7(11)10(12)14-9-5-3-8(13-2)4-6-9/h3-6H,1-2H3.